The number of nitrogens with one attached hydrogen (secondary N) is 1. The molecule has 2 fully saturated rings. The van der Waals surface area contributed by atoms with Gasteiger partial charge in [-0.1, -0.05) is 0 Å². The zero-order valence-electron chi connectivity index (χ0n) is 9.21. The van der Waals surface area contributed by atoms with Crippen molar-refractivity contribution in [1.29, 1.82) is 0 Å². The molecule has 0 unspecified atom stereocenters. The predicted molar refractivity (Wildman–Crippen MR) is 57.6 cm³/mol. The number of rotatable bonds is 2. The Labute approximate surface area is 91.0 Å². The van der Waals surface area contributed by atoms with E-state index in [2.05, 4.69) is 10.2 Å². The van der Waals surface area contributed by atoms with E-state index in [1.54, 1.807) is 0 Å². The third-order valence-electron chi connectivity index (χ3n) is 3.21. The highest BCUT2D eigenvalue weighted by atomic mass is 16.5. The highest BCUT2D eigenvalue weighted by molar-refractivity contribution is 5.71. The predicted octanol–water partition coefficient (Wildman–Crippen LogP) is 0.235. The van der Waals surface area contributed by atoms with Crippen LogP contribution in [-0.4, -0.2) is 50.2 Å². The third-order valence-corrected chi connectivity index (χ3v) is 3.21. The Morgan fingerprint density at radius 1 is 1.40 bits per heavy atom. The van der Waals surface area contributed by atoms with Crippen molar-refractivity contribution in [3.05, 3.63) is 0 Å². The summed E-state index contributed by atoms with van der Waals surface area (Å²) in [6.07, 6.45) is 3.47. The average molecular weight is 212 g/mol. The van der Waals surface area contributed by atoms with Crippen LogP contribution in [-0.2, 0) is 9.53 Å². The topological polar surface area (TPSA) is 41.6 Å². The molecule has 0 spiro atoms. The molecule has 0 aromatic carbocycles. The number of carbonyl (C=O) groups is 1. The summed E-state index contributed by atoms with van der Waals surface area (Å²) >= 11 is 0. The first-order valence-corrected chi connectivity index (χ1v) is 5.93. The number of cyclic esters (lactones) is 1. The molecule has 0 amide bonds. The molecule has 86 valence electrons. The number of ether oxygens (including phenoxy) is 1. The Kier molecular flexibility index (Phi) is 3.97. The fraction of sp³-hybridized carbons (Fsp3) is 0.909. The van der Waals surface area contributed by atoms with E-state index in [9.17, 15) is 4.79 Å². The molecule has 2 heterocycles. The maximum Gasteiger partial charge on any atom is 0.320 e. The van der Waals surface area contributed by atoms with E-state index in [1.807, 2.05) is 0 Å². The summed E-state index contributed by atoms with van der Waals surface area (Å²) in [5.41, 5.74) is 0. The molecule has 0 radical (unpaired) electrons. The van der Waals surface area contributed by atoms with E-state index >= 15 is 0 Å². The zero-order chi connectivity index (χ0) is 10.5. The van der Waals surface area contributed by atoms with E-state index in [0.717, 1.165) is 38.5 Å². The third kappa shape index (κ3) is 3.47. The lowest BCUT2D eigenvalue weighted by Gasteiger charge is -2.28. The quantitative estimate of drug-likeness (QED) is 0.666. The van der Waals surface area contributed by atoms with E-state index in [-0.39, 0.29) is 5.97 Å². The second-order valence-corrected chi connectivity index (χ2v) is 4.50. The molecule has 0 bridgehead atoms. The maximum absolute atomic E-state index is 11.3. The SMILES string of the molecule is O=C1CN(CC2CCNCC2)CCCO1. The number of hydrogen-bond donors (Lipinski definition) is 1. The molecule has 0 aliphatic carbocycles. The van der Waals surface area contributed by atoms with Gasteiger partial charge in [-0.3, -0.25) is 9.69 Å². The van der Waals surface area contributed by atoms with Crippen molar-refractivity contribution < 1.29 is 9.53 Å². The lowest BCUT2D eigenvalue weighted by atomic mass is 9.97. The Morgan fingerprint density at radius 3 is 3.00 bits per heavy atom. The molecule has 0 atom stereocenters. The summed E-state index contributed by atoms with van der Waals surface area (Å²) in [6, 6.07) is 0. The maximum atomic E-state index is 11.3. The van der Waals surface area contributed by atoms with Crippen molar-refractivity contribution >= 4 is 5.97 Å². The monoisotopic (exact) mass is 212 g/mol. The van der Waals surface area contributed by atoms with Crippen molar-refractivity contribution in [2.24, 2.45) is 5.92 Å². The first kappa shape index (κ1) is 10.9. The van der Waals surface area contributed by atoms with E-state index in [4.69, 9.17) is 4.74 Å². The van der Waals surface area contributed by atoms with Gasteiger partial charge in [-0.2, -0.15) is 0 Å². The average Bonchev–Trinajstić information content (AvgIpc) is 2.44. The minimum Gasteiger partial charge on any atom is -0.465 e. The molecule has 4 heteroatoms. The first-order chi connectivity index (χ1) is 7.34. The van der Waals surface area contributed by atoms with Gasteiger partial charge in [-0.25, -0.2) is 0 Å². The molecular weight excluding hydrogens is 192 g/mol. The lowest BCUT2D eigenvalue weighted by molar-refractivity contribution is -0.143. The van der Waals surface area contributed by atoms with Crippen molar-refractivity contribution in [2.45, 2.75) is 19.3 Å². The molecule has 0 saturated carbocycles. The number of carbonyl (C=O) groups excluding carboxylic acids is 1. The van der Waals surface area contributed by atoms with E-state index in [0.29, 0.717) is 13.2 Å². The molecule has 2 aliphatic rings. The molecule has 0 aromatic heterocycles. The van der Waals surface area contributed by atoms with Crippen LogP contribution in [0.3, 0.4) is 0 Å². The Morgan fingerprint density at radius 2 is 2.20 bits per heavy atom. The van der Waals surface area contributed by atoms with Crippen LogP contribution in [0.15, 0.2) is 0 Å². The molecular formula is C11H20N2O2. The summed E-state index contributed by atoms with van der Waals surface area (Å²) in [5, 5.41) is 3.36. The van der Waals surface area contributed by atoms with Crippen LogP contribution in [0.1, 0.15) is 19.3 Å². The van der Waals surface area contributed by atoms with Crippen molar-refractivity contribution in [2.75, 3.05) is 39.3 Å². The second kappa shape index (κ2) is 5.47. The van der Waals surface area contributed by atoms with Crippen molar-refractivity contribution in [1.82, 2.24) is 10.2 Å². The Balaban J connectivity index is 1.78. The second-order valence-electron chi connectivity index (χ2n) is 4.50. The van der Waals surface area contributed by atoms with Gasteiger partial charge >= 0.3 is 5.97 Å². The summed E-state index contributed by atoms with van der Waals surface area (Å²) in [7, 11) is 0. The molecule has 0 aromatic rings. The van der Waals surface area contributed by atoms with Gasteiger partial charge in [0.25, 0.3) is 0 Å². The Hall–Kier alpha value is -0.610. The number of hydrogen-bond acceptors (Lipinski definition) is 4. The van der Waals surface area contributed by atoms with Crippen molar-refractivity contribution in [3.63, 3.8) is 0 Å². The van der Waals surface area contributed by atoms with Crippen molar-refractivity contribution in [3.8, 4) is 0 Å². The van der Waals surface area contributed by atoms with Gasteiger partial charge in [0, 0.05) is 13.1 Å². The van der Waals surface area contributed by atoms with Crippen LogP contribution in [0, 0.1) is 5.92 Å². The van der Waals surface area contributed by atoms with Gasteiger partial charge in [-0.15, -0.1) is 0 Å². The summed E-state index contributed by atoms with van der Waals surface area (Å²) < 4.78 is 5.03. The van der Waals surface area contributed by atoms with Gasteiger partial charge in [-0.05, 0) is 38.3 Å². The molecule has 2 saturated heterocycles. The largest absolute Gasteiger partial charge is 0.465 e. The number of piperidine rings is 1. The van der Waals surface area contributed by atoms with Crippen LogP contribution < -0.4 is 5.32 Å². The van der Waals surface area contributed by atoms with E-state index < -0.39 is 0 Å². The minimum absolute atomic E-state index is 0.0542. The summed E-state index contributed by atoms with van der Waals surface area (Å²) in [5.74, 6) is 0.707. The van der Waals surface area contributed by atoms with Crippen LogP contribution in [0.5, 0.6) is 0 Å². The first-order valence-electron chi connectivity index (χ1n) is 5.93. The normalized spacial score (nSPS) is 26.0. The summed E-state index contributed by atoms with van der Waals surface area (Å²) in [6.45, 7) is 5.42. The molecule has 2 aliphatic heterocycles. The highest BCUT2D eigenvalue weighted by Crippen LogP contribution is 2.14. The summed E-state index contributed by atoms with van der Waals surface area (Å²) in [4.78, 5) is 13.5. The van der Waals surface area contributed by atoms with Crippen LogP contribution >= 0.6 is 0 Å². The number of nitrogens with zero attached hydrogens (tertiary/aromatic N) is 1. The Bertz CT molecular complexity index is 215. The fourth-order valence-electron chi connectivity index (χ4n) is 2.37. The fourth-order valence-corrected chi connectivity index (χ4v) is 2.37. The van der Waals surface area contributed by atoms with Crippen LogP contribution in [0.4, 0.5) is 0 Å². The molecule has 4 nitrogen and oxygen atoms in total. The molecule has 15 heavy (non-hydrogen) atoms. The number of esters is 1. The highest BCUT2D eigenvalue weighted by Gasteiger charge is 2.20. The lowest BCUT2D eigenvalue weighted by Crippen LogP contribution is -2.38. The van der Waals surface area contributed by atoms with Gasteiger partial charge in [0.05, 0.1) is 13.2 Å². The van der Waals surface area contributed by atoms with Gasteiger partial charge in [0.2, 0.25) is 0 Å². The van der Waals surface area contributed by atoms with E-state index in [1.165, 1.54) is 12.8 Å². The minimum atomic E-state index is -0.0542. The van der Waals surface area contributed by atoms with Gasteiger partial charge in [0.1, 0.15) is 0 Å². The molecule has 1 N–H and O–H groups in total. The van der Waals surface area contributed by atoms with Crippen LogP contribution in [0.2, 0.25) is 0 Å². The smallest absolute Gasteiger partial charge is 0.320 e. The zero-order valence-corrected chi connectivity index (χ0v) is 9.21. The standard InChI is InChI=1S/C11H20N2O2/c14-11-9-13(6-1-7-15-11)8-10-2-4-12-5-3-10/h10,12H,1-9H2. The van der Waals surface area contributed by atoms with Gasteiger partial charge in [0.15, 0.2) is 0 Å². The van der Waals surface area contributed by atoms with Crippen LogP contribution in [0.25, 0.3) is 0 Å². The van der Waals surface area contributed by atoms with Gasteiger partial charge < -0.3 is 10.1 Å². The molecule has 2 rings (SSSR count).